The number of carbonyl (C=O) groups is 1. The van der Waals surface area contributed by atoms with E-state index in [9.17, 15) is 4.79 Å². The Labute approximate surface area is 134 Å². The van der Waals surface area contributed by atoms with E-state index in [0.29, 0.717) is 24.5 Å². The predicted molar refractivity (Wildman–Crippen MR) is 87.4 cm³/mol. The molecular weight excluding hydrogens is 286 g/mol. The summed E-state index contributed by atoms with van der Waals surface area (Å²) in [4.78, 5) is 14.5. The number of halogens is 1. The fraction of sp³-hybridized carbons (Fsp3) is 0.938. The van der Waals surface area contributed by atoms with Crippen LogP contribution in [0.15, 0.2) is 0 Å². The SMILES string of the molecule is CC1CCC(NC(=O)CN2CC3CCC(N)C3C2)CC1.Cl. The number of amides is 1. The Hall–Kier alpha value is -0.320. The molecule has 0 aromatic carbocycles. The molecule has 1 saturated heterocycles. The minimum atomic E-state index is 0. The number of hydrogen-bond acceptors (Lipinski definition) is 3. The molecule has 122 valence electrons. The van der Waals surface area contributed by atoms with Crippen LogP contribution in [0.3, 0.4) is 0 Å². The van der Waals surface area contributed by atoms with Crippen molar-refractivity contribution in [3.8, 4) is 0 Å². The monoisotopic (exact) mass is 315 g/mol. The molecule has 0 spiro atoms. The molecule has 1 aliphatic heterocycles. The maximum atomic E-state index is 12.2. The van der Waals surface area contributed by atoms with Crippen molar-refractivity contribution in [1.29, 1.82) is 0 Å². The second kappa shape index (κ2) is 7.30. The van der Waals surface area contributed by atoms with Crippen LogP contribution in [0, 0.1) is 17.8 Å². The van der Waals surface area contributed by atoms with Crippen LogP contribution in [0.2, 0.25) is 0 Å². The zero-order valence-corrected chi connectivity index (χ0v) is 13.9. The molecule has 2 saturated carbocycles. The fourth-order valence-electron chi connectivity index (χ4n) is 4.41. The van der Waals surface area contributed by atoms with Crippen LogP contribution in [-0.4, -0.2) is 42.5 Å². The maximum absolute atomic E-state index is 12.2. The van der Waals surface area contributed by atoms with E-state index in [0.717, 1.165) is 37.8 Å². The Kier molecular flexibility index (Phi) is 5.92. The molecule has 2 aliphatic carbocycles. The number of nitrogens with one attached hydrogen (secondary N) is 1. The largest absolute Gasteiger partial charge is 0.352 e. The molecule has 0 radical (unpaired) electrons. The summed E-state index contributed by atoms with van der Waals surface area (Å²) in [5.41, 5.74) is 6.15. The summed E-state index contributed by atoms with van der Waals surface area (Å²) in [6.45, 7) is 4.99. The summed E-state index contributed by atoms with van der Waals surface area (Å²) in [5, 5.41) is 3.23. The molecule has 3 unspecified atom stereocenters. The summed E-state index contributed by atoms with van der Waals surface area (Å²) in [5.74, 6) is 2.44. The quantitative estimate of drug-likeness (QED) is 0.834. The van der Waals surface area contributed by atoms with Gasteiger partial charge in [0.1, 0.15) is 0 Å². The Morgan fingerprint density at radius 1 is 1.14 bits per heavy atom. The molecule has 1 amide bonds. The Bertz CT molecular complexity index is 357. The van der Waals surface area contributed by atoms with Crippen LogP contribution in [0.4, 0.5) is 0 Å². The summed E-state index contributed by atoms with van der Waals surface area (Å²) in [7, 11) is 0. The van der Waals surface area contributed by atoms with Crippen LogP contribution >= 0.6 is 12.4 Å². The van der Waals surface area contributed by atoms with E-state index in [2.05, 4.69) is 17.1 Å². The first-order chi connectivity index (χ1) is 9.61. The van der Waals surface area contributed by atoms with E-state index in [1.54, 1.807) is 0 Å². The number of fused-ring (bicyclic) bond motifs is 1. The first-order valence-corrected chi connectivity index (χ1v) is 8.39. The lowest BCUT2D eigenvalue weighted by atomic mass is 9.87. The van der Waals surface area contributed by atoms with Crippen molar-refractivity contribution < 1.29 is 4.79 Å². The summed E-state index contributed by atoms with van der Waals surface area (Å²) in [6.07, 6.45) is 7.26. The lowest BCUT2D eigenvalue weighted by Crippen LogP contribution is -2.43. The van der Waals surface area contributed by atoms with Crippen molar-refractivity contribution in [3.05, 3.63) is 0 Å². The lowest BCUT2D eigenvalue weighted by molar-refractivity contribution is -0.123. The molecule has 3 N–H and O–H groups in total. The minimum absolute atomic E-state index is 0. The van der Waals surface area contributed by atoms with Crippen LogP contribution in [-0.2, 0) is 4.79 Å². The topological polar surface area (TPSA) is 58.4 Å². The van der Waals surface area contributed by atoms with Gasteiger partial charge in [-0.2, -0.15) is 0 Å². The first kappa shape index (κ1) is 17.0. The number of likely N-dealkylation sites (tertiary alicyclic amines) is 1. The van der Waals surface area contributed by atoms with E-state index in [-0.39, 0.29) is 18.3 Å². The number of carbonyl (C=O) groups excluding carboxylic acids is 1. The first-order valence-electron chi connectivity index (χ1n) is 8.39. The number of nitrogens with two attached hydrogens (primary N) is 1. The van der Waals surface area contributed by atoms with Gasteiger partial charge >= 0.3 is 0 Å². The van der Waals surface area contributed by atoms with Gasteiger partial charge in [0.2, 0.25) is 5.91 Å². The van der Waals surface area contributed by atoms with E-state index < -0.39 is 0 Å². The average Bonchev–Trinajstić information content (AvgIpc) is 2.95. The summed E-state index contributed by atoms with van der Waals surface area (Å²) >= 11 is 0. The Morgan fingerprint density at radius 3 is 2.52 bits per heavy atom. The second-order valence-electron chi connectivity index (χ2n) is 7.38. The van der Waals surface area contributed by atoms with Crippen molar-refractivity contribution in [3.63, 3.8) is 0 Å². The molecule has 0 aromatic heterocycles. The molecule has 3 aliphatic rings. The zero-order valence-electron chi connectivity index (χ0n) is 13.1. The van der Waals surface area contributed by atoms with Crippen molar-refractivity contribution in [1.82, 2.24) is 10.2 Å². The van der Waals surface area contributed by atoms with Gasteiger partial charge in [-0.3, -0.25) is 9.69 Å². The molecule has 5 heteroatoms. The normalized spacial score (nSPS) is 39.6. The summed E-state index contributed by atoms with van der Waals surface area (Å²) in [6, 6.07) is 0.788. The summed E-state index contributed by atoms with van der Waals surface area (Å²) < 4.78 is 0. The van der Waals surface area contributed by atoms with Gasteiger partial charge in [0, 0.05) is 25.2 Å². The van der Waals surface area contributed by atoms with Gasteiger partial charge in [-0.25, -0.2) is 0 Å². The molecule has 4 nitrogen and oxygen atoms in total. The third-order valence-corrected chi connectivity index (χ3v) is 5.74. The highest BCUT2D eigenvalue weighted by molar-refractivity contribution is 5.85. The number of nitrogens with zero attached hydrogens (tertiary/aromatic N) is 1. The molecule has 0 aromatic rings. The highest BCUT2D eigenvalue weighted by Crippen LogP contribution is 2.36. The van der Waals surface area contributed by atoms with Crippen LogP contribution in [0.5, 0.6) is 0 Å². The molecular formula is C16H30ClN3O. The molecule has 21 heavy (non-hydrogen) atoms. The van der Waals surface area contributed by atoms with Crippen molar-refractivity contribution in [2.24, 2.45) is 23.5 Å². The molecule has 3 fully saturated rings. The zero-order chi connectivity index (χ0) is 14.1. The predicted octanol–water partition coefficient (Wildman–Crippen LogP) is 1.77. The van der Waals surface area contributed by atoms with Gasteiger partial charge in [0.05, 0.1) is 6.54 Å². The van der Waals surface area contributed by atoms with Gasteiger partial charge < -0.3 is 11.1 Å². The van der Waals surface area contributed by atoms with Gasteiger partial charge in [-0.15, -0.1) is 12.4 Å². The van der Waals surface area contributed by atoms with Crippen LogP contribution in [0.1, 0.15) is 45.4 Å². The van der Waals surface area contributed by atoms with Gasteiger partial charge in [0.25, 0.3) is 0 Å². The minimum Gasteiger partial charge on any atom is -0.352 e. The second-order valence-corrected chi connectivity index (χ2v) is 7.38. The van der Waals surface area contributed by atoms with Crippen molar-refractivity contribution in [2.45, 2.75) is 57.5 Å². The van der Waals surface area contributed by atoms with Crippen molar-refractivity contribution in [2.75, 3.05) is 19.6 Å². The smallest absolute Gasteiger partial charge is 0.234 e. The molecule has 1 heterocycles. The highest BCUT2D eigenvalue weighted by atomic mass is 35.5. The van der Waals surface area contributed by atoms with Crippen molar-refractivity contribution >= 4 is 18.3 Å². The third kappa shape index (κ3) is 4.11. The average molecular weight is 316 g/mol. The number of rotatable bonds is 3. The standard InChI is InChI=1S/C16H29N3O.ClH/c1-11-2-5-13(6-3-11)18-16(20)10-19-8-12-4-7-15(17)14(12)9-19;/h11-15H,2-10,17H2,1H3,(H,18,20);1H. The third-order valence-electron chi connectivity index (χ3n) is 5.74. The van der Waals surface area contributed by atoms with E-state index >= 15 is 0 Å². The van der Waals surface area contributed by atoms with Crippen LogP contribution in [0.25, 0.3) is 0 Å². The molecule has 0 bridgehead atoms. The van der Waals surface area contributed by atoms with Crippen LogP contribution < -0.4 is 11.1 Å². The van der Waals surface area contributed by atoms with E-state index in [1.807, 2.05) is 0 Å². The maximum Gasteiger partial charge on any atom is 0.234 e. The van der Waals surface area contributed by atoms with Gasteiger partial charge in [-0.05, 0) is 56.3 Å². The Morgan fingerprint density at radius 2 is 1.86 bits per heavy atom. The van der Waals surface area contributed by atoms with Gasteiger partial charge in [0.15, 0.2) is 0 Å². The lowest BCUT2D eigenvalue weighted by Gasteiger charge is -2.27. The molecule has 3 atom stereocenters. The van der Waals surface area contributed by atoms with Gasteiger partial charge in [-0.1, -0.05) is 6.92 Å². The van der Waals surface area contributed by atoms with E-state index in [1.165, 1.54) is 25.7 Å². The highest BCUT2D eigenvalue weighted by Gasteiger charge is 2.41. The Balaban J connectivity index is 0.00000161. The van der Waals surface area contributed by atoms with E-state index in [4.69, 9.17) is 5.73 Å². The molecule has 3 rings (SSSR count). The fourth-order valence-corrected chi connectivity index (χ4v) is 4.41. The number of hydrogen-bond donors (Lipinski definition) is 2.